The van der Waals surface area contributed by atoms with Crippen molar-refractivity contribution in [1.82, 2.24) is 4.98 Å². The fourth-order valence-corrected chi connectivity index (χ4v) is 5.97. The lowest BCUT2D eigenvalue weighted by atomic mass is 9.80. The molecule has 0 atom stereocenters. The number of aromatic amines is 1. The standard InChI is InChI=1S/C34H28N2O7S/c1-2-3-11-18-41-25-19-24(35-23-16-9-10-17-26(23)44-43-42-40)28-29-27(21-14-7-8-15-22(21)33(28)38)30(34(39)36-31(25)29)32(37)20-12-5-4-6-13-20/h4-10,12-17,19,35,40H,2-3,11,18H2,1H3,(H,36,39). The van der Waals surface area contributed by atoms with Crippen LogP contribution in [0, 0.1) is 0 Å². The second-order valence-electron chi connectivity index (χ2n) is 10.2. The van der Waals surface area contributed by atoms with Gasteiger partial charge in [0.25, 0.3) is 5.56 Å². The van der Waals surface area contributed by atoms with Gasteiger partial charge in [-0.1, -0.05) is 91.5 Å². The quantitative estimate of drug-likeness (QED) is 0.0421. The Morgan fingerprint density at radius 3 is 2.39 bits per heavy atom. The Balaban J connectivity index is 1.66. The Hall–Kier alpha value is -4.74. The van der Waals surface area contributed by atoms with E-state index in [1.165, 1.54) is 0 Å². The molecule has 10 heteroatoms. The highest BCUT2D eigenvalue weighted by molar-refractivity contribution is 7.94. The van der Waals surface area contributed by atoms with Crippen molar-refractivity contribution in [2.75, 3.05) is 11.9 Å². The average molecular weight is 609 g/mol. The molecule has 0 amide bonds. The van der Waals surface area contributed by atoms with E-state index in [2.05, 4.69) is 26.6 Å². The summed E-state index contributed by atoms with van der Waals surface area (Å²) in [5.41, 5.74) is 2.57. The van der Waals surface area contributed by atoms with Crippen LogP contribution in [0.15, 0.2) is 94.6 Å². The lowest BCUT2D eigenvalue weighted by Gasteiger charge is -2.26. The lowest BCUT2D eigenvalue weighted by Crippen LogP contribution is -2.24. The number of nitrogens with one attached hydrogen (secondary N) is 2. The Bertz CT molecular complexity index is 1940. The van der Waals surface area contributed by atoms with Crippen molar-refractivity contribution in [3.8, 4) is 16.9 Å². The highest BCUT2D eigenvalue weighted by atomic mass is 32.2. The van der Waals surface area contributed by atoms with Crippen LogP contribution >= 0.6 is 12.0 Å². The molecule has 9 nitrogen and oxygen atoms in total. The summed E-state index contributed by atoms with van der Waals surface area (Å²) in [6.45, 7) is 2.49. The van der Waals surface area contributed by atoms with Crippen molar-refractivity contribution in [3.05, 3.63) is 118 Å². The third-order valence-corrected chi connectivity index (χ3v) is 8.17. The van der Waals surface area contributed by atoms with Crippen LogP contribution in [-0.4, -0.2) is 28.4 Å². The fourth-order valence-electron chi connectivity index (χ4n) is 5.52. The monoisotopic (exact) mass is 608 g/mol. The second kappa shape index (κ2) is 12.9. The number of hydrogen-bond acceptors (Lipinski definition) is 9. The molecule has 0 bridgehead atoms. The van der Waals surface area contributed by atoms with Crippen LogP contribution in [0.3, 0.4) is 0 Å². The van der Waals surface area contributed by atoms with Gasteiger partial charge in [0.1, 0.15) is 5.75 Å². The van der Waals surface area contributed by atoms with E-state index in [1.807, 2.05) is 0 Å². The molecule has 0 radical (unpaired) electrons. The molecule has 1 aromatic heterocycles. The molecule has 0 fully saturated rings. The fraction of sp³-hybridized carbons (Fsp3) is 0.147. The number of rotatable bonds is 12. The van der Waals surface area contributed by atoms with Crippen molar-refractivity contribution in [3.63, 3.8) is 0 Å². The number of carbonyl (C=O) groups excluding carboxylic acids is 2. The summed E-state index contributed by atoms with van der Waals surface area (Å²) in [5, 5.41) is 16.3. The Morgan fingerprint density at radius 2 is 1.61 bits per heavy atom. The Morgan fingerprint density at radius 1 is 0.886 bits per heavy atom. The summed E-state index contributed by atoms with van der Waals surface area (Å²) in [4.78, 5) is 45.5. The van der Waals surface area contributed by atoms with Gasteiger partial charge in [-0.3, -0.25) is 14.4 Å². The number of pyridine rings is 1. The van der Waals surface area contributed by atoms with Crippen molar-refractivity contribution in [2.45, 2.75) is 31.1 Å². The first-order valence-electron chi connectivity index (χ1n) is 14.2. The van der Waals surface area contributed by atoms with Gasteiger partial charge < -0.3 is 15.0 Å². The number of hydrogen-bond donors (Lipinski definition) is 3. The number of aromatic nitrogens is 1. The Labute approximate surface area is 256 Å². The maximum absolute atomic E-state index is 14.3. The van der Waals surface area contributed by atoms with Gasteiger partial charge in [0.05, 0.1) is 51.6 Å². The first-order valence-corrected chi connectivity index (χ1v) is 14.9. The normalized spacial score (nSPS) is 11.8. The highest BCUT2D eigenvalue weighted by Gasteiger charge is 2.34. The van der Waals surface area contributed by atoms with E-state index in [4.69, 9.17) is 9.99 Å². The molecule has 6 rings (SSSR count). The zero-order valence-electron chi connectivity index (χ0n) is 23.7. The van der Waals surface area contributed by atoms with E-state index in [0.29, 0.717) is 61.8 Å². The average Bonchev–Trinajstić information content (AvgIpc) is 3.05. The summed E-state index contributed by atoms with van der Waals surface area (Å²) >= 11 is 0.776. The van der Waals surface area contributed by atoms with Crippen LogP contribution in [0.5, 0.6) is 5.75 Å². The number of ketones is 2. The Kier molecular flexibility index (Phi) is 8.58. The molecule has 0 saturated carbocycles. The zero-order valence-corrected chi connectivity index (χ0v) is 24.5. The smallest absolute Gasteiger partial charge is 0.260 e. The van der Waals surface area contributed by atoms with Crippen molar-refractivity contribution in [2.24, 2.45) is 0 Å². The topological polar surface area (TPSA) is 127 Å². The third kappa shape index (κ3) is 5.40. The van der Waals surface area contributed by atoms with Gasteiger partial charge in [-0.15, -0.1) is 4.33 Å². The number of benzene rings is 4. The van der Waals surface area contributed by atoms with E-state index in [1.54, 1.807) is 84.9 Å². The van der Waals surface area contributed by atoms with Crippen LogP contribution in [0.4, 0.5) is 11.4 Å². The zero-order chi connectivity index (χ0) is 30.6. The molecule has 0 spiro atoms. The summed E-state index contributed by atoms with van der Waals surface area (Å²) in [7, 11) is 0. The van der Waals surface area contributed by atoms with E-state index >= 15 is 0 Å². The number of ether oxygens (including phenoxy) is 1. The maximum Gasteiger partial charge on any atom is 0.260 e. The molecular formula is C34H28N2O7S. The van der Waals surface area contributed by atoms with E-state index in [-0.39, 0.29) is 16.9 Å². The first kappa shape index (κ1) is 29.3. The molecule has 0 saturated heterocycles. The summed E-state index contributed by atoms with van der Waals surface area (Å²) < 4.78 is 10.9. The molecule has 1 heterocycles. The maximum atomic E-state index is 14.3. The summed E-state index contributed by atoms with van der Waals surface area (Å²) in [6, 6.07) is 24.4. The van der Waals surface area contributed by atoms with E-state index in [0.717, 1.165) is 31.3 Å². The minimum Gasteiger partial charge on any atom is -0.491 e. The molecule has 5 aromatic rings. The van der Waals surface area contributed by atoms with Gasteiger partial charge in [0.15, 0.2) is 11.6 Å². The van der Waals surface area contributed by atoms with Gasteiger partial charge in [-0.05, 0) is 24.1 Å². The molecule has 3 N–H and O–H groups in total. The third-order valence-electron chi connectivity index (χ3n) is 7.50. The summed E-state index contributed by atoms with van der Waals surface area (Å²) in [6.07, 6.45) is 2.76. The summed E-state index contributed by atoms with van der Waals surface area (Å²) in [5.74, 6) is -0.361. The number of anilines is 2. The van der Waals surface area contributed by atoms with Gasteiger partial charge in [0.2, 0.25) is 0 Å². The minimum atomic E-state index is -0.571. The predicted molar refractivity (Wildman–Crippen MR) is 169 cm³/mol. The van der Waals surface area contributed by atoms with E-state index < -0.39 is 11.3 Å². The van der Waals surface area contributed by atoms with Crippen LogP contribution in [0.2, 0.25) is 0 Å². The van der Waals surface area contributed by atoms with Gasteiger partial charge >= 0.3 is 0 Å². The number of H-pyrrole nitrogens is 1. The van der Waals surface area contributed by atoms with Crippen LogP contribution in [0.25, 0.3) is 22.0 Å². The van der Waals surface area contributed by atoms with E-state index in [9.17, 15) is 14.4 Å². The SMILES string of the molecule is CCCCCOc1cc(Nc2ccccc2SOOO)c2c3c(c(C(=O)c4ccccc4)c(=O)[nH]c13)-c1ccccc1C2=O. The number of carbonyl (C=O) groups is 2. The first-order chi connectivity index (χ1) is 21.5. The molecule has 0 aliphatic heterocycles. The lowest BCUT2D eigenvalue weighted by molar-refractivity contribution is -0.432. The van der Waals surface area contributed by atoms with Crippen molar-refractivity contribution >= 4 is 45.9 Å². The predicted octanol–water partition coefficient (Wildman–Crippen LogP) is 7.71. The van der Waals surface area contributed by atoms with Crippen LogP contribution in [-0.2, 0) is 9.37 Å². The van der Waals surface area contributed by atoms with Crippen LogP contribution < -0.4 is 15.6 Å². The highest BCUT2D eigenvalue weighted by Crippen LogP contribution is 2.47. The van der Waals surface area contributed by atoms with Gasteiger partial charge in [-0.25, -0.2) is 5.26 Å². The molecule has 1 aliphatic carbocycles. The largest absolute Gasteiger partial charge is 0.491 e. The number of unbranched alkanes of at least 4 members (excludes halogenated alkanes) is 2. The minimum absolute atomic E-state index is 0.0524. The van der Waals surface area contributed by atoms with Crippen molar-refractivity contribution in [1.29, 1.82) is 0 Å². The van der Waals surface area contributed by atoms with Crippen LogP contribution in [0.1, 0.15) is 58.0 Å². The molecular weight excluding hydrogens is 580 g/mol. The van der Waals surface area contributed by atoms with Gasteiger partial charge in [0, 0.05) is 28.1 Å². The van der Waals surface area contributed by atoms with Gasteiger partial charge in [-0.2, -0.15) is 0 Å². The molecule has 4 aromatic carbocycles. The molecule has 222 valence electrons. The number of para-hydroxylation sites is 1. The second-order valence-corrected chi connectivity index (χ2v) is 11.0. The molecule has 0 unspecified atom stereocenters. The molecule has 44 heavy (non-hydrogen) atoms. The number of fused-ring (bicyclic) bond motifs is 2. The molecule has 1 aliphatic rings. The van der Waals surface area contributed by atoms with Crippen molar-refractivity contribution < 1.29 is 29.0 Å².